The third kappa shape index (κ3) is 1.62. The van der Waals surface area contributed by atoms with Crippen LogP contribution in [0.1, 0.15) is 10.4 Å². The average Bonchev–Trinajstić information content (AvgIpc) is 2.82. The molecule has 0 saturated heterocycles. The van der Waals surface area contributed by atoms with E-state index in [0.717, 1.165) is 10.9 Å². The van der Waals surface area contributed by atoms with E-state index in [1.54, 1.807) is 0 Å². The summed E-state index contributed by atoms with van der Waals surface area (Å²) < 4.78 is 1.82. The standard InChI is InChI=1S/C13H9N3O2/c17-12(18)10-7-14-13(15-8-10)16-6-5-9-3-1-2-4-11(9)16/h1-8H,(H,17,18). The molecule has 0 fully saturated rings. The maximum atomic E-state index is 10.7. The van der Waals surface area contributed by atoms with Crippen molar-refractivity contribution < 1.29 is 9.90 Å². The van der Waals surface area contributed by atoms with Crippen LogP contribution in [0.5, 0.6) is 0 Å². The van der Waals surface area contributed by atoms with Gasteiger partial charge in [0.2, 0.25) is 5.95 Å². The van der Waals surface area contributed by atoms with Crippen LogP contribution in [-0.2, 0) is 0 Å². The second-order valence-corrected chi connectivity index (χ2v) is 3.82. The van der Waals surface area contributed by atoms with Crippen LogP contribution in [0.2, 0.25) is 0 Å². The number of aromatic nitrogens is 3. The van der Waals surface area contributed by atoms with E-state index in [-0.39, 0.29) is 5.56 Å². The Morgan fingerprint density at radius 2 is 1.83 bits per heavy atom. The van der Waals surface area contributed by atoms with Crippen LogP contribution in [0.3, 0.4) is 0 Å². The highest BCUT2D eigenvalue weighted by atomic mass is 16.4. The SMILES string of the molecule is O=C(O)c1cnc(-n2ccc3ccccc32)nc1. The fraction of sp³-hybridized carbons (Fsp3) is 0. The number of fused-ring (bicyclic) bond motifs is 1. The third-order valence-corrected chi connectivity index (χ3v) is 2.70. The van der Waals surface area contributed by atoms with Crippen molar-refractivity contribution >= 4 is 16.9 Å². The molecular weight excluding hydrogens is 230 g/mol. The van der Waals surface area contributed by atoms with Gasteiger partial charge < -0.3 is 5.11 Å². The molecule has 1 aromatic carbocycles. The summed E-state index contributed by atoms with van der Waals surface area (Å²) in [5.41, 5.74) is 1.07. The second-order valence-electron chi connectivity index (χ2n) is 3.82. The van der Waals surface area contributed by atoms with Gasteiger partial charge in [-0.2, -0.15) is 0 Å². The van der Waals surface area contributed by atoms with Crippen molar-refractivity contribution in [1.82, 2.24) is 14.5 Å². The van der Waals surface area contributed by atoms with Gasteiger partial charge in [0.25, 0.3) is 0 Å². The summed E-state index contributed by atoms with van der Waals surface area (Å²) >= 11 is 0. The molecule has 5 nitrogen and oxygen atoms in total. The largest absolute Gasteiger partial charge is 0.478 e. The quantitative estimate of drug-likeness (QED) is 0.743. The first-order valence-corrected chi connectivity index (χ1v) is 5.37. The molecule has 1 N–H and O–H groups in total. The molecule has 2 aromatic heterocycles. The number of rotatable bonds is 2. The van der Waals surface area contributed by atoms with Crippen LogP contribution < -0.4 is 0 Å². The third-order valence-electron chi connectivity index (χ3n) is 2.70. The fourth-order valence-electron chi connectivity index (χ4n) is 1.81. The van der Waals surface area contributed by atoms with Gasteiger partial charge in [-0.05, 0) is 12.1 Å². The molecule has 0 bridgehead atoms. The zero-order chi connectivity index (χ0) is 12.5. The lowest BCUT2D eigenvalue weighted by atomic mass is 10.2. The predicted octanol–water partition coefficient (Wildman–Crippen LogP) is 2.12. The van der Waals surface area contributed by atoms with Gasteiger partial charge in [-0.3, -0.25) is 4.57 Å². The highest BCUT2D eigenvalue weighted by molar-refractivity contribution is 5.87. The number of carbonyl (C=O) groups is 1. The minimum Gasteiger partial charge on any atom is -0.478 e. The smallest absolute Gasteiger partial charge is 0.338 e. The molecule has 0 spiro atoms. The maximum absolute atomic E-state index is 10.7. The lowest BCUT2D eigenvalue weighted by Crippen LogP contribution is -2.03. The molecule has 0 amide bonds. The topological polar surface area (TPSA) is 68.0 Å². The Bertz CT molecular complexity index is 716. The number of carboxylic acid groups (broad SMARTS) is 1. The van der Waals surface area contributed by atoms with Crippen molar-refractivity contribution in [2.45, 2.75) is 0 Å². The van der Waals surface area contributed by atoms with Crippen molar-refractivity contribution in [3.05, 3.63) is 54.5 Å². The Hall–Kier alpha value is -2.69. The van der Waals surface area contributed by atoms with E-state index in [4.69, 9.17) is 5.11 Å². The highest BCUT2D eigenvalue weighted by Gasteiger charge is 2.07. The monoisotopic (exact) mass is 239 g/mol. The van der Waals surface area contributed by atoms with E-state index in [1.165, 1.54) is 12.4 Å². The van der Waals surface area contributed by atoms with Gasteiger partial charge in [-0.15, -0.1) is 0 Å². The molecule has 0 aliphatic carbocycles. The van der Waals surface area contributed by atoms with Gasteiger partial charge in [-0.1, -0.05) is 18.2 Å². The Labute approximate surface area is 102 Å². The van der Waals surface area contributed by atoms with E-state index in [0.29, 0.717) is 5.95 Å². The number of para-hydroxylation sites is 1. The van der Waals surface area contributed by atoms with Gasteiger partial charge in [0.1, 0.15) is 0 Å². The lowest BCUT2D eigenvalue weighted by molar-refractivity contribution is 0.0696. The average molecular weight is 239 g/mol. The van der Waals surface area contributed by atoms with E-state index in [1.807, 2.05) is 41.1 Å². The Morgan fingerprint density at radius 3 is 2.56 bits per heavy atom. The van der Waals surface area contributed by atoms with Crippen molar-refractivity contribution in [3.63, 3.8) is 0 Å². The molecule has 5 heteroatoms. The molecule has 2 heterocycles. The first kappa shape index (κ1) is 10.5. The van der Waals surface area contributed by atoms with Crippen LogP contribution in [0.4, 0.5) is 0 Å². The molecule has 0 radical (unpaired) electrons. The molecule has 0 aliphatic heterocycles. The summed E-state index contributed by atoms with van der Waals surface area (Å²) in [5, 5.41) is 9.88. The predicted molar refractivity (Wildman–Crippen MR) is 65.8 cm³/mol. The fourth-order valence-corrected chi connectivity index (χ4v) is 1.81. The molecule has 3 rings (SSSR count). The van der Waals surface area contributed by atoms with Crippen molar-refractivity contribution in [3.8, 4) is 5.95 Å². The molecule has 0 aliphatic rings. The number of carboxylic acids is 1. The Morgan fingerprint density at radius 1 is 1.11 bits per heavy atom. The van der Waals surface area contributed by atoms with Crippen LogP contribution >= 0.6 is 0 Å². The second kappa shape index (κ2) is 3.96. The number of hydrogen-bond acceptors (Lipinski definition) is 3. The number of nitrogens with zero attached hydrogens (tertiary/aromatic N) is 3. The minimum absolute atomic E-state index is 0.0789. The molecule has 0 unspecified atom stereocenters. The summed E-state index contributed by atoms with van der Waals surface area (Å²) in [6, 6.07) is 9.82. The van der Waals surface area contributed by atoms with E-state index >= 15 is 0 Å². The minimum atomic E-state index is -1.03. The summed E-state index contributed by atoms with van der Waals surface area (Å²) in [6.07, 6.45) is 4.47. The van der Waals surface area contributed by atoms with Gasteiger partial charge >= 0.3 is 5.97 Å². The number of aromatic carboxylic acids is 1. The van der Waals surface area contributed by atoms with Gasteiger partial charge in [0, 0.05) is 24.0 Å². The van der Waals surface area contributed by atoms with E-state index in [2.05, 4.69) is 9.97 Å². The van der Waals surface area contributed by atoms with Crippen molar-refractivity contribution in [1.29, 1.82) is 0 Å². The summed E-state index contributed by atoms with van der Waals surface area (Å²) in [7, 11) is 0. The summed E-state index contributed by atoms with van der Waals surface area (Å²) in [6.45, 7) is 0. The zero-order valence-corrected chi connectivity index (χ0v) is 9.32. The van der Waals surface area contributed by atoms with Gasteiger partial charge in [-0.25, -0.2) is 14.8 Å². The molecule has 3 aromatic rings. The number of benzene rings is 1. The van der Waals surface area contributed by atoms with Crippen molar-refractivity contribution in [2.75, 3.05) is 0 Å². The molecular formula is C13H9N3O2. The molecule has 18 heavy (non-hydrogen) atoms. The number of hydrogen-bond donors (Lipinski definition) is 1. The lowest BCUT2D eigenvalue weighted by Gasteiger charge is -2.03. The summed E-state index contributed by atoms with van der Waals surface area (Å²) in [4.78, 5) is 18.9. The highest BCUT2D eigenvalue weighted by Crippen LogP contribution is 2.17. The zero-order valence-electron chi connectivity index (χ0n) is 9.32. The molecule has 0 saturated carbocycles. The molecule has 88 valence electrons. The van der Waals surface area contributed by atoms with Gasteiger partial charge in [0.05, 0.1) is 11.1 Å². The van der Waals surface area contributed by atoms with Crippen LogP contribution in [0, 0.1) is 0 Å². The van der Waals surface area contributed by atoms with E-state index < -0.39 is 5.97 Å². The van der Waals surface area contributed by atoms with Crippen molar-refractivity contribution in [2.24, 2.45) is 0 Å². The van der Waals surface area contributed by atoms with Crippen LogP contribution in [0.15, 0.2) is 48.9 Å². The summed E-state index contributed by atoms with van der Waals surface area (Å²) in [5.74, 6) is -0.569. The Balaban J connectivity index is 2.12. The van der Waals surface area contributed by atoms with E-state index in [9.17, 15) is 4.79 Å². The molecule has 0 atom stereocenters. The first-order valence-electron chi connectivity index (χ1n) is 5.37. The first-order chi connectivity index (χ1) is 8.75. The van der Waals surface area contributed by atoms with Gasteiger partial charge in [0.15, 0.2) is 0 Å². The maximum Gasteiger partial charge on any atom is 0.338 e. The normalized spacial score (nSPS) is 10.7. The van der Waals surface area contributed by atoms with Crippen LogP contribution in [-0.4, -0.2) is 25.6 Å². The Kier molecular flexibility index (Phi) is 2.30. The van der Waals surface area contributed by atoms with Crippen LogP contribution in [0.25, 0.3) is 16.9 Å².